The normalized spacial score (nSPS) is 23.2. The molecule has 0 radical (unpaired) electrons. The van der Waals surface area contributed by atoms with Gasteiger partial charge in [0.1, 0.15) is 0 Å². The summed E-state index contributed by atoms with van der Waals surface area (Å²) in [5.74, 6) is 0. The lowest BCUT2D eigenvalue weighted by Gasteiger charge is -2.17. The summed E-state index contributed by atoms with van der Waals surface area (Å²) in [7, 11) is 0. The summed E-state index contributed by atoms with van der Waals surface area (Å²) in [6, 6.07) is 8.65. The summed E-state index contributed by atoms with van der Waals surface area (Å²) in [6.45, 7) is 1.06. The quantitative estimate of drug-likeness (QED) is 0.590. The van der Waals surface area contributed by atoms with Gasteiger partial charge in [-0.2, -0.15) is 5.26 Å². The van der Waals surface area contributed by atoms with Crippen molar-refractivity contribution >= 4 is 5.69 Å². The van der Waals surface area contributed by atoms with Gasteiger partial charge in [0.05, 0.1) is 23.0 Å². The lowest BCUT2D eigenvalue weighted by molar-refractivity contribution is -0.384. The minimum atomic E-state index is -0.462. The topological polar surface area (TPSA) is 76.2 Å². The van der Waals surface area contributed by atoms with E-state index in [9.17, 15) is 15.4 Å². The van der Waals surface area contributed by atoms with Gasteiger partial charge in [-0.1, -0.05) is 12.1 Å². The SMILES string of the molecule is N#CC1(Cc2ccc([N+](=O)[O-])cc2)CCOC1. The number of nitriles is 1. The van der Waals surface area contributed by atoms with Gasteiger partial charge in [0.25, 0.3) is 5.69 Å². The molecule has 1 aliphatic rings. The van der Waals surface area contributed by atoms with Crippen molar-refractivity contribution < 1.29 is 9.66 Å². The molecule has 1 saturated heterocycles. The first kappa shape index (κ1) is 11.6. The van der Waals surface area contributed by atoms with Crippen LogP contribution in [0.5, 0.6) is 0 Å². The van der Waals surface area contributed by atoms with E-state index in [1.54, 1.807) is 12.1 Å². The number of ether oxygens (including phenoxy) is 1. The van der Waals surface area contributed by atoms with Gasteiger partial charge in [0.2, 0.25) is 0 Å². The Morgan fingerprint density at radius 1 is 1.47 bits per heavy atom. The Hall–Kier alpha value is -1.93. The van der Waals surface area contributed by atoms with Crippen molar-refractivity contribution in [1.82, 2.24) is 0 Å². The van der Waals surface area contributed by atoms with Crippen LogP contribution in [-0.4, -0.2) is 18.1 Å². The zero-order valence-electron chi connectivity index (χ0n) is 9.26. The van der Waals surface area contributed by atoms with Crippen LogP contribution in [0.1, 0.15) is 12.0 Å². The minimum absolute atomic E-state index is 0.0717. The van der Waals surface area contributed by atoms with Crippen LogP contribution in [0.4, 0.5) is 5.69 Å². The molecule has 17 heavy (non-hydrogen) atoms. The van der Waals surface area contributed by atoms with E-state index < -0.39 is 10.3 Å². The lowest BCUT2D eigenvalue weighted by atomic mass is 9.82. The summed E-state index contributed by atoms with van der Waals surface area (Å²) >= 11 is 0. The highest BCUT2D eigenvalue weighted by molar-refractivity contribution is 5.34. The molecule has 5 heteroatoms. The van der Waals surface area contributed by atoms with Crippen molar-refractivity contribution in [3.8, 4) is 6.07 Å². The van der Waals surface area contributed by atoms with Crippen molar-refractivity contribution in [2.45, 2.75) is 12.8 Å². The number of nitro groups is 1. The van der Waals surface area contributed by atoms with E-state index in [-0.39, 0.29) is 5.69 Å². The molecule has 1 aromatic carbocycles. The molecule has 0 bridgehead atoms. The number of non-ortho nitro benzene ring substituents is 1. The van der Waals surface area contributed by atoms with Gasteiger partial charge in [0.15, 0.2) is 0 Å². The molecule has 0 spiro atoms. The third-order valence-corrected chi connectivity index (χ3v) is 3.03. The predicted octanol–water partition coefficient (Wildman–Crippen LogP) is 2.07. The average molecular weight is 232 g/mol. The van der Waals surface area contributed by atoms with Crippen LogP contribution in [0.3, 0.4) is 0 Å². The molecule has 1 aromatic rings. The van der Waals surface area contributed by atoms with Gasteiger partial charge in [-0.05, 0) is 18.4 Å². The standard InChI is InChI=1S/C12H12N2O3/c13-8-12(5-6-17-9-12)7-10-1-3-11(4-2-10)14(15)16/h1-4H,5-7,9H2. The van der Waals surface area contributed by atoms with Crippen LogP contribution in [-0.2, 0) is 11.2 Å². The average Bonchev–Trinajstić information content (AvgIpc) is 2.79. The first-order valence-electron chi connectivity index (χ1n) is 5.38. The maximum Gasteiger partial charge on any atom is 0.269 e. The van der Waals surface area contributed by atoms with Crippen molar-refractivity contribution in [2.75, 3.05) is 13.2 Å². The molecular weight excluding hydrogens is 220 g/mol. The zero-order valence-corrected chi connectivity index (χ0v) is 9.26. The fraction of sp³-hybridized carbons (Fsp3) is 0.417. The summed E-state index contributed by atoms with van der Waals surface area (Å²) in [5, 5.41) is 19.7. The molecule has 0 saturated carbocycles. The van der Waals surface area contributed by atoms with Crippen LogP contribution >= 0.6 is 0 Å². The molecule has 1 unspecified atom stereocenters. The van der Waals surface area contributed by atoms with Crippen LogP contribution in [0.25, 0.3) is 0 Å². The van der Waals surface area contributed by atoms with Crippen LogP contribution in [0.15, 0.2) is 24.3 Å². The Labute approximate surface area is 98.8 Å². The minimum Gasteiger partial charge on any atom is -0.380 e. The van der Waals surface area contributed by atoms with Gasteiger partial charge in [0, 0.05) is 18.7 Å². The largest absolute Gasteiger partial charge is 0.380 e. The smallest absolute Gasteiger partial charge is 0.269 e. The van der Waals surface area contributed by atoms with Crippen molar-refractivity contribution in [1.29, 1.82) is 5.26 Å². The number of hydrogen-bond donors (Lipinski definition) is 0. The second kappa shape index (κ2) is 4.52. The molecule has 88 valence electrons. The first-order valence-corrected chi connectivity index (χ1v) is 5.38. The van der Waals surface area contributed by atoms with Crippen molar-refractivity contribution in [3.05, 3.63) is 39.9 Å². The highest BCUT2D eigenvalue weighted by atomic mass is 16.6. The van der Waals surface area contributed by atoms with Crippen molar-refractivity contribution in [3.63, 3.8) is 0 Å². The summed E-state index contributed by atoms with van der Waals surface area (Å²) < 4.78 is 5.25. The van der Waals surface area contributed by atoms with E-state index >= 15 is 0 Å². The number of nitro benzene ring substituents is 1. The number of hydrogen-bond acceptors (Lipinski definition) is 4. The third-order valence-electron chi connectivity index (χ3n) is 3.03. The van der Waals surface area contributed by atoms with E-state index in [1.165, 1.54) is 12.1 Å². The van der Waals surface area contributed by atoms with Gasteiger partial charge in [-0.3, -0.25) is 10.1 Å². The van der Waals surface area contributed by atoms with E-state index in [4.69, 9.17) is 4.74 Å². The molecule has 0 N–H and O–H groups in total. The van der Waals surface area contributed by atoms with Crippen LogP contribution in [0.2, 0.25) is 0 Å². The predicted molar refractivity (Wildman–Crippen MR) is 60.3 cm³/mol. The fourth-order valence-corrected chi connectivity index (χ4v) is 2.00. The van der Waals surface area contributed by atoms with E-state index in [0.29, 0.717) is 19.6 Å². The Morgan fingerprint density at radius 3 is 2.65 bits per heavy atom. The van der Waals surface area contributed by atoms with Gasteiger partial charge < -0.3 is 4.74 Å². The van der Waals surface area contributed by atoms with Gasteiger partial charge >= 0.3 is 0 Å². The second-order valence-corrected chi connectivity index (χ2v) is 4.30. The monoisotopic (exact) mass is 232 g/mol. The van der Waals surface area contributed by atoms with Crippen molar-refractivity contribution in [2.24, 2.45) is 5.41 Å². The van der Waals surface area contributed by atoms with Gasteiger partial charge in [-0.25, -0.2) is 0 Å². The molecule has 2 rings (SSSR count). The molecular formula is C12H12N2O3. The fourth-order valence-electron chi connectivity index (χ4n) is 2.00. The maximum absolute atomic E-state index is 10.5. The molecule has 5 nitrogen and oxygen atoms in total. The maximum atomic E-state index is 10.5. The highest BCUT2D eigenvalue weighted by Gasteiger charge is 2.35. The first-order chi connectivity index (χ1) is 8.15. The summed E-state index contributed by atoms with van der Waals surface area (Å²) in [6.07, 6.45) is 1.31. The Balaban J connectivity index is 2.13. The summed E-state index contributed by atoms with van der Waals surface area (Å²) in [5.41, 5.74) is 0.543. The number of benzene rings is 1. The zero-order chi connectivity index (χ0) is 12.3. The van der Waals surface area contributed by atoms with E-state index in [1.807, 2.05) is 0 Å². The molecule has 0 aromatic heterocycles. The van der Waals surface area contributed by atoms with Crippen LogP contribution < -0.4 is 0 Å². The van der Waals surface area contributed by atoms with Gasteiger partial charge in [-0.15, -0.1) is 0 Å². The Morgan fingerprint density at radius 2 is 2.18 bits per heavy atom. The third kappa shape index (κ3) is 2.43. The number of nitrogens with zero attached hydrogens (tertiary/aromatic N) is 2. The summed E-state index contributed by atoms with van der Waals surface area (Å²) in [4.78, 5) is 10.1. The van der Waals surface area contributed by atoms with E-state index in [0.717, 1.165) is 12.0 Å². The molecule has 1 heterocycles. The Bertz CT molecular complexity index is 456. The van der Waals surface area contributed by atoms with E-state index in [2.05, 4.69) is 6.07 Å². The molecule has 0 aliphatic carbocycles. The molecule has 1 atom stereocenters. The molecule has 1 aliphatic heterocycles. The highest BCUT2D eigenvalue weighted by Crippen LogP contribution is 2.32. The van der Waals surface area contributed by atoms with Crippen LogP contribution in [0, 0.1) is 26.9 Å². The Kier molecular flexibility index (Phi) is 3.07. The molecule has 0 amide bonds. The number of rotatable bonds is 3. The second-order valence-electron chi connectivity index (χ2n) is 4.30. The lowest BCUT2D eigenvalue weighted by Crippen LogP contribution is -2.21. The molecule has 1 fully saturated rings.